The lowest BCUT2D eigenvalue weighted by atomic mass is 10.0. The molecule has 0 saturated heterocycles. The minimum absolute atomic E-state index is 0.175. The van der Waals surface area contributed by atoms with Gasteiger partial charge < -0.3 is 9.67 Å². The number of aromatic nitrogens is 2. The van der Waals surface area contributed by atoms with Gasteiger partial charge >= 0.3 is 5.97 Å². The summed E-state index contributed by atoms with van der Waals surface area (Å²) in [6.07, 6.45) is 5.89. The van der Waals surface area contributed by atoms with Crippen molar-refractivity contribution in [1.29, 1.82) is 0 Å². The summed E-state index contributed by atoms with van der Waals surface area (Å²) in [5, 5.41) is 9.26. The van der Waals surface area contributed by atoms with E-state index in [4.69, 9.17) is 0 Å². The fourth-order valence-corrected chi connectivity index (χ4v) is 2.22. The highest BCUT2D eigenvalue weighted by Crippen LogP contribution is 2.18. The number of aromatic carboxylic acids is 1. The van der Waals surface area contributed by atoms with Crippen molar-refractivity contribution in [2.75, 3.05) is 0 Å². The Kier molecular flexibility index (Phi) is 3.72. The smallest absolute Gasteiger partial charge is 0.341 e. The molecule has 3 aromatic rings. The first kappa shape index (κ1) is 14.6. The SMILES string of the molecule is O=C(O)c1cn(-c2cccnc2)cc(-c2ccc(F)cc2)c1=O. The summed E-state index contributed by atoms with van der Waals surface area (Å²) in [7, 11) is 0. The van der Waals surface area contributed by atoms with Crippen LogP contribution in [0.25, 0.3) is 16.8 Å². The highest BCUT2D eigenvalue weighted by molar-refractivity contribution is 5.89. The predicted octanol–water partition coefficient (Wildman–Crippen LogP) is 2.74. The molecule has 0 aliphatic rings. The Morgan fingerprint density at radius 2 is 1.87 bits per heavy atom. The summed E-state index contributed by atoms with van der Waals surface area (Å²) in [4.78, 5) is 27.7. The molecule has 0 radical (unpaired) electrons. The topological polar surface area (TPSA) is 72.2 Å². The van der Waals surface area contributed by atoms with Crippen LogP contribution in [0.4, 0.5) is 4.39 Å². The van der Waals surface area contributed by atoms with Crippen LogP contribution in [0, 0.1) is 5.82 Å². The Bertz CT molecular complexity index is 919. The van der Waals surface area contributed by atoms with E-state index in [1.807, 2.05) is 0 Å². The number of carboxylic acid groups (broad SMARTS) is 1. The number of nitrogens with zero attached hydrogens (tertiary/aromatic N) is 2. The molecule has 3 rings (SSSR count). The number of rotatable bonds is 3. The van der Waals surface area contributed by atoms with Crippen LogP contribution in [0.1, 0.15) is 10.4 Å². The zero-order valence-electron chi connectivity index (χ0n) is 11.8. The molecule has 0 bridgehead atoms. The lowest BCUT2D eigenvalue weighted by Gasteiger charge is -2.10. The maximum absolute atomic E-state index is 13.1. The number of carboxylic acids is 1. The average molecular weight is 310 g/mol. The van der Waals surface area contributed by atoms with E-state index < -0.39 is 17.2 Å². The number of hydrogen-bond acceptors (Lipinski definition) is 3. The standard InChI is InChI=1S/C17H11FN2O3/c18-12-5-3-11(4-6-12)14-9-20(13-2-1-7-19-8-13)10-15(16(14)21)17(22)23/h1-10H,(H,22,23). The van der Waals surface area contributed by atoms with Gasteiger partial charge in [-0.2, -0.15) is 0 Å². The van der Waals surface area contributed by atoms with Gasteiger partial charge in [0, 0.05) is 24.2 Å². The van der Waals surface area contributed by atoms with Gasteiger partial charge in [0.25, 0.3) is 0 Å². The van der Waals surface area contributed by atoms with Gasteiger partial charge in [-0.05, 0) is 29.8 Å². The Labute approximate surface area is 130 Å². The highest BCUT2D eigenvalue weighted by atomic mass is 19.1. The molecule has 0 spiro atoms. The molecule has 0 unspecified atom stereocenters. The van der Waals surface area contributed by atoms with Crippen LogP contribution < -0.4 is 5.43 Å². The van der Waals surface area contributed by atoms with Crippen LogP contribution in [0.2, 0.25) is 0 Å². The molecule has 0 aliphatic carbocycles. The van der Waals surface area contributed by atoms with E-state index in [0.717, 1.165) is 0 Å². The Morgan fingerprint density at radius 1 is 1.13 bits per heavy atom. The fraction of sp³-hybridized carbons (Fsp3) is 0. The Morgan fingerprint density at radius 3 is 2.48 bits per heavy atom. The third-order valence-corrected chi connectivity index (χ3v) is 3.36. The minimum Gasteiger partial charge on any atom is -0.477 e. The maximum Gasteiger partial charge on any atom is 0.341 e. The normalized spacial score (nSPS) is 10.5. The van der Waals surface area contributed by atoms with Crippen LogP contribution in [0.5, 0.6) is 0 Å². The van der Waals surface area contributed by atoms with Gasteiger partial charge in [-0.15, -0.1) is 0 Å². The average Bonchev–Trinajstić information content (AvgIpc) is 2.56. The molecule has 5 nitrogen and oxygen atoms in total. The summed E-state index contributed by atoms with van der Waals surface area (Å²) in [5.74, 6) is -1.76. The van der Waals surface area contributed by atoms with Crippen molar-refractivity contribution in [2.45, 2.75) is 0 Å². The molecular formula is C17H11FN2O3. The summed E-state index contributed by atoms with van der Waals surface area (Å²) in [6.45, 7) is 0. The highest BCUT2D eigenvalue weighted by Gasteiger charge is 2.15. The van der Waals surface area contributed by atoms with Crippen molar-refractivity contribution in [3.8, 4) is 16.8 Å². The summed E-state index contributed by atoms with van der Waals surface area (Å²) < 4.78 is 14.6. The first-order valence-corrected chi connectivity index (χ1v) is 6.72. The van der Waals surface area contributed by atoms with Crippen molar-refractivity contribution >= 4 is 5.97 Å². The minimum atomic E-state index is -1.32. The molecule has 2 aromatic heterocycles. The molecule has 0 fully saturated rings. The van der Waals surface area contributed by atoms with E-state index in [1.165, 1.54) is 41.2 Å². The van der Waals surface area contributed by atoms with Gasteiger partial charge in [0.1, 0.15) is 11.4 Å². The van der Waals surface area contributed by atoms with Gasteiger partial charge in [0.15, 0.2) is 0 Å². The molecule has 0 atom stereocenters. The second kappa shape index (κ2) is 5.84. The number of benzene rings is 1. The van der Waals surface area contributed by atoms with Crippen LogP contribution in [0.3, 0.4) is 0 Å². The third kappa shape index (κ3) is 2.87. The predicted molar refractivity (Wildman–Crippen MR) is 82.2 cm³/mol. The zero-order valence-corrected chi connectivity index (χ0v) is 11.8. The van der Waals surface area contributed by atoms with E-state index in [2.05, 4.69) is 4.98 Å². The van der Waals surface area contributed by atoms with E-state index in [-0.39, 0.29) is 11.1 Å². The number of hydrogen-bond donors (Lipinski definition) is 1. The van der Waals surface area contributed by atoms with Crippen LogP contribution in [-0.4, -0.2) is 20.6 Å². The van der Waals surface area contributed by atoms with Gasteiger partial charge in [-0.3, -0.25) is 9.78 Å². The molecule has 0 aliphatic heterocycles. The molecule has 1 aromatic carbocycles. The summed E-state index contributed by atoms with van der Waals surface area (Å²) in [6, 6.07) is 8.74. The van der Waals surface area contributed by atoms with Crippen molar-refractivity contribution < 1.29 is 14.3 Å². The van der Waals surface area contributed by atoms with Crippen molar-refractivity contribution in [3.05, 3.63) is 82.8 Å². The molecule has 6 heteroatoms. The van der Waals surface area contributed by atoms with Crippen molar-refractivity contribution in [2.24, 2.45) is 0 Å². The second-order valence-electron chi connectivity index (χ2n) is 4.85. The van der Waals surface area contributed by atoms with Crippen molar-refractivity contribution in [1.82, 2.24) is 9.55 Å². The Hall–Kier alpha value is -3.28. The van der Waals surface area contributed by atoms with Gasteiger partial charge in [0.2, 0.25) is 5.43 Å². The van der Waals surface area contributed by atoms with E-state index in [1.54, 1.807) is 24.5 Å². The first-order valence-electron chi connectivity index (χ1n) is 6.72. The van der Waals surface area contributed by atoms with E-state index in [0.29, 0.717) is 11.3 Å². The molecule has 2 heterocycles. The molecule has 1 N–H and O–H groups in total. The van der Waals surface area contributed by atoms with Gasteiger partial charge in [-0.1, -0.05) is 12.1 Å². The van der Waals surface area contributed by atoms with Crippen LogP contribution in [-0.2, 0) is 0 Å². The zero-order chi connectivity index (χ0) is 16.4. The second-order valence-corrected chi connectivity index (χ2v) is 4.85. The monoisotopic (exact) mass is 310 g/mol. The van der Waals surface area contributed by atoms with Gasteiger partial charge in [0.05, 0.1) is 11.9 Å². The van der Waals surface area contributed by atoms with E-state index in [9.17, 15) is 19.1 Å². The summed E-state index contributed by atoms with van der Waals surface area (Å²) >= 11 is 0. The summed E-state index contributed by atoms with van der Waals surface area (Å²) in [5.41, 5.74) is 0.240. The van der Waals surface area contributed by atoms with Crippen molar-refractivity contribution in [3.63, 3.8) is 0 Å². The molecular weight excluding hydrogens is 299 g/mol. The third-order valence-electron chi connectivity index (χ3n) is 3.36. The largest absolute Gasteiger partial charge is 0.477 e. The number of pyridine rings is 2. The molecule has 0 amide bonds. The maximum atomic E-state index is 13.1. The lowest BCUT2D eigenvalue weighted by Crippen LogP contribution is -2.19. The molecule has 0 saturated carbocycles. The lowest BCUT2D eigenvalue weighted by molar-refractivity contribution is 0.0695. The number of halogens is 1. The van der Waals surface area contributed by atoms with E-state index >= 15 is 0 Å². The van der Waals surface area contributed by atoms with Crippen LogP contribution in [0.15, 0.2) is 66.0 Å². The quantitative estimate of drug-likeness (QED) is 0.807. The molecule has 114 valence electrons. The first-order chi connectivity index (χ1) is 11.1. The van der Waals surface area contributed by atoms with Crippen LogP contribution >= 0.6 is 0 Å². The Balaban J connectivity index is 2.26. The van der Waals surface area contributed by atoms with Gasteiger partial charge in [-0.25, -0.2) is 9.18 Å². The number of carbonyl (C=O) groups is 1. The molecule has 23 heavy (non-hydrogen) atoms. The fourth-order valence-electron chi connectivity index (χ4n) is 2.22.